The van der Waals surface area contributed by atoms with Gasteiger partial charge in [0.1, 0.15) is 6.33 Å². The molecule has 13 heavy (non-hydrogen) atoms. The number of aromatic nitrogens is 2. The summed E-state index contributed by atoms with van der Waals surface area (Å²) in [5.41, 5.74) is 1.19. The molecule has 0 aromatic carbocycles. The first kappa shape index (κ1) is 9.38. The number of nitrogens with zero attached hydrogens (tertiary/aromatic N) is 3. The van der Waals surface area contributed by atoms with Gasteiger partial charge in [-0.1, -0.05) is 0 Å². The van der Waals surface area contributed by atoms with Crippen molar-refractivity contribution in [1.29, 1.82) is 0 Å². The van der Waals surface area contributed by atoms with E-state index in [2.05, 4.69) is 9.97 Å². The van der Waals surface area contributed by atoms with Crippen LogP contribution in [0.4, 0.5) is 0 Å². The fourth-order valence-corrected chi connectivity index (χ4v) is 0.897. The van der Waals surface area contributed by atoms with E-state index in [4.69, 9.17) is 0 Å². The zero-order valence-electron chi connectivity index (χ0n) is 7.64. The van der Waals surface area contributed by atoms with E-state index in [1.54, 1.807) is 23.4 Å². The molecular formula is C9H11N3O. The van der Waals surface area contributed by atoms with Crippen LogP contribution in [0.15, 0.2) is 24.8 Å². The summed E-state index contributed by atoms with van der Waals surface area (Å²) in [5, 5.41) is 0. The quantitative estimate of drug-likeness (QED) is 0.500. The molecule has 0 aliphatic heterocycles. The monoisotopic (exact) mass is 177 g/mol. The minimum absolute atomic E-state index is 0.549. The number of aldehydes is 1. The Bertz CT molecular complexity index is 306. The van der Waals surface area contributed by atoms with Crippen molar-refractivity contribution in [3.05, 3.63) is 30.5 Å². The van der Waals surface area contributed by atoms with Gasteiger partial charge in [0.25, 0.3) is 0 Å². The lowest BCUT2D eigenvalue weighted by molar-refractivity contribution is -0.103. The molecule has 0 N–H and O–H groups in total. The first-order valence-corrected chi connectivity index (χ1v) is 3.84. The Morgan fingerprint density at radius 3 is 2.77 bits per heavy atom. The first-order chi connectivity index (χ1) is 6.24. The fraction of sp³-hybridized carbons (Fsp3) is 0.222. The summed E-state index contributed by atoms with van der Waals surface area (Å²) >= 11 is 0. The summed E-state index contributed by atoms with van der Waals surface area (Å²) in [4.78, 5) is 20.2. The summed E-state index contributed by atoms with van der Waals surface area (Å²) in [6, 6.07) is 1.70. The van der Waals surface area contributed by atoms with Crippen molar-refractivity contribution in [1.82, 2.24) is 14.9 Å². The highest BCUT2D eigenvalue weighted by Crippen LogP contribution is 2.06. The van der Waals surface area contributed by atoms with Gasteiger partial charge in [-0.25, -0.2) is 9.97 Å². The SMILES string of the molecule is CN(C)/C=C(\C=O)c1ccncn1. The Balaban J connectivity index is 2.98. The molecule has 68 valence electrons. The van der Waals surface area contributed by atoms with Gasteiger partial charge in [-0.15, -0.1) is 0 Å². The molecule has 0 saturated carbocycles. The standard InChI is InChI=1S/C9H11N3O/c1-12(2)5-8(6-13)9-3-4-10-7-11-9/h3-7H,1-2H3/b8-5+. The average Bonchev–Trinajstić information content (AvgIpc) is 2.15. The molecule has 0 aliphatic rings. The van der Waals surface area contributed by atoms with Crippen LogP contribution in [0.25, 0.3) is 5.57 Å². The Hall–Kier alpha value is -1.71. The van der Waals surface area contributed by atoms with Crippen molar-refractivity contribution in [3.8, 4) is 0 Å². The minimum atomic E-state index is 0.549. The van der Waals surface area contributed by atoms with Crippen LogP contribution in [0.2, 0.25) is 0 Å². The Morgan fingerprint density at radius 2 is 2.31 bits per heavy atom. The lowest BCUT2D eigenvalue weighted by Gasteiger charge is -2.06. The predicted molar refractivity (Wildman–Crippen MR) is 49.8 cm³/mol. The predicted octanol–water partition coefficient (Wildman–Crippen LogP) is 0.578. The van der Waals surface area contributed by atoms with Crippen LogP contribution in [0.1, 0.15) is 5.69 Å². The molecule has 0 amide bonds. The average molecular weight is 177 g/mol. The van der Waals surface area contributed by atoms with E-state index in [1.165, 1.54) is 6.33 Å². The van der Waals surface area contributed by atoms with Gasteiger partial charge in [-0.3, -0.25) is 4.79 Å². The molecule has 0 atom stereocenters. The lowest BCUT2D eigenvalue weighted by Crippen LogP contribution is -2.04. The third kappa shape index (κ3) is 2.66. The van der Waals surface area contributed by atoms with Crippen molar-refractivity contribution < 1.29 is 4.79 Å². The van der Waals surface area contributed by atoms with Crippen molar-refractivity contribution >= 4 is 11.9 Å². The van der Waals surface area contributed by atoms with E-state index < -0.39 is 0 Å². The molecular weight excluding hydrogens is 166 g/mol. The van der Waals surface area contributed by atoms with Gasteiger partial charge in [0.2, 0.25) is 0 Å². The second-order valence-corrected chi connectivity index (χ2v) is 2.76. The minimum Gasteiger partial charge on any atom is -0.383 e. The highest BCUT2D eigenvalue weighted by Gasteiger charge is 2.00. The summed E-state index contributed by atoms with van der Waals surface area (Å²) in [6.45, 7) is 0. The molecule has 0 unspecified atom stereocenters. The lowest BCUT2D eigenvalue weighted by atomic mass is 10.2. The van der Waals surface area contributed by atoms with E-state index in [1.807, 2.05) is 14.1 Å². The summed E-state index contributed by atoms with van der Waals surface area (Å²) in [7, 11) is 3.70. The van der Waals surface area contributed by atoms with Gasteiger partial charge in [-0.2, -0.15) is 0 Å². The smallest absolute Gasteiger partial charge is 0.153 e. The Labute approximate surface area is 76.9 Å². The molecule has 4 nitrogen and oxygen atoms in total. The van der Waals surface area contributed by atoms with Gasteiger partial charge >= 0.3 is 0 Å². The molecule has 0 aliphatic carbocycles. The van der Waals surface area contributed by atoms with Crippen molar-refractivity contribution in [3.63, 3.8) is 0 Å². The molecule has 4 heteroatoms. The zero-order chi connectivity index (χ0) is 9.68. The molecule has 0 fully saturated rings. The van der Waals surface area contributed by atoms with Crippen LogP contribution >= 0.6 is 0 Å². The number of hydrogen-bond donors (Lipinski definition) is 0. The highest BCUT2D eigenvalue weighted by molar-refractivity contribution is 6.05. The summed E-state index contributed by atoms with van der Waals surface area (Å²) in [6.07, 6.45) is 5.52. The first-order valence-electron chi connectivity index (χ1n) is 3.84. The largest absolute Gasteiger partial charge is 0.383 e. The van der Waals surface area contributed by atoms with Crippen LogP contribution in [-0.4, -0.2) is 35.2 Å². The van der Waals surface area contributed by atoms with Crippen LogP contribution in [0, 0.1) is 0 Å². The van der Waals surface area contributed by atoms with Crippen molar-refractivity contribution in [2.45, 2.75) is 0 Å². The van der Waals surface area contributed by atoms with Crippen LogP contribution in [0.3, 0.4) is 0 Å². The second kappa shape index (κ2) is 4.35. The number of allylic oxidation sites excluding steroid dienone is 1. The van der Waals surface area contributed by atoms with E-state index >= 15 is 0 Å². The molecule has 1 aromatic heterocycles. The van der Waals surface area contributed by atoms with Gasteiger partial charge in [0.05, 0.1) is 11.3 Å². The Morgan fingerprint density at radius 1 is 1.54 bits per heavy atom. The highest BCUT2D eigenvalue weighted by atomic mass is 16.1. The van der Waals surface area contributed by atoms with Crippen LogP contribution < -0.4 is 0 Å². The second-order valence-electron chi connectivity index (χ2n) is 2.76. The molecule has 0 saturated heterocycles. The summed E-state index contributed by atoms with van der Waals surface area (Å²) in [5.74, 6) is 0. The molecule has 0 bridgehead atoms. The number of carbonyl (C=O) groups is 1. The number of hydrogen-bond acceptors (Lipinski definition) is 4. The molecule has 0 radical (unpaired) electrons. The van der Waals surface area contributed by atoms with Gasteiger partial charge < -0.3 is 4.90 Å². The molecule has 1 heterocycles. The van der Waals surface area contributed by atoms with E-state index in [9.17, 15) is 4.79 Å². The van der Waals surface area contributed by atoms with Crippen molar-refractivity contribution in [2.24, 2.45) is 0 Å². The van der Waals surface area contributed by atoms with E-state index in [-0.39, 0.29) is 0 Å². The number of carbonyl (C=O) groups excluding carboxylic acids is 1. The van der Waals surface area contributed by atoms with Gasteiger partial charge in [0, 0.05) is 26.5 Å². The normalized spacial score (nSPS) is 11.1. The fourth-order valence-electron chi connectivity index (χ4n) is 0.897. The zero-order valence-corrected chi connectivity index (χ0v) is 7.64. The molecule has 1 rings (SSSR count). The van der Waals surface area contributed by atoms with Gasteiger partial charge in [-0.05, 0) is 6.07 Å². The molecule has 1 aromatic rings. The van der Waals surface area contributed by atoms with Crippen molar-refractivity contribution in [2.75, 3.05) is 14.1 Å². The van der Waals surface area contributed by atoms with E-state index in [0.29, 0.717) is 11.3 Å². The maximum absolute atomic E-state index is 10.7. The van der Waals surface area contributed by atoms with E-state index in [0.717, 1.165) is 6.29 Å². The topological polar surface area (TPSA) is 46.1 Å². The van der Waals surface area contributed by atoms with Crippen LogP contribution in [0.5, 0.6) is 0 Å². The molecule has 0 spiro atoms. The van der Waals surface area contributed by atoms with Crippen LogP contribution in [-0.2, 0) is 4.79 Å². The maximum atomic E-state index is 10.7. The third-order valence-corrected chi connectivity index (χ3v) is 1.40. The maximum Gasteiger partial charge on any atom is 0.153 e. The summed E-state index contributed by atoms with van der Waals surface area (Å²) < 4.78 is 0. The number of rotatable bonds is 3. The Kier molecular flexibility index (Phi) is 3.14. The third-order valence-electron chi connectivity index (χ3n) is 1.40. The van der Waals surface area contributed by atoms with Gasteiger partial charge in [0.15, 0.2) is 6.29 Å².